The van der Waals surface area contributed by atoms with Gasteiger partial charge in [0.15, 0.2) is 0 Å². The van der Waals surface area contributed by atoms with Crippen molar-refractivity contribution in [3.8, 4) is 0 Å². The lowest BCUT2D eigenvalue weighted by atomic mass is 10.1. The molecule has 94 valence electrons. The molecule has 1 aromatic carbocycles. The number of nitrogens with zero attached hydrogens (tertiary/aromatic N) is 1. The summed E-state index contributed by atoms with van der Waals surface area (Å²) in [5, 5.41) is 13.9. The Morgan fingerprint density at radius 1 is 1.11 bits per heavy atom. The minimum atomic E-state index is -0.524. The average Bonchev–Trinajstić information content (AvgIpc) is 2.40. The third-order valence-electron chi connectivity index (χ3n) is 2.67. The molecular weight excluding hydrogens is 248 g/mol. The van der Waals surface area contributed by atoms with Gasteiger partial charge in [0.05, 0.1) is 6.10 Å². The minimum Gasteiger partial charge on any atom is -0.387 e. The van der Waals surface area contributed by atoms with E-state index in [1.165, 1.54) is 0 Å². The fraction of sp³-hybridized carbons (Fsp3) is 0.214. The Morgan fingerprint density at radius 2 is 1.78 bits per heavy atom. The second kappa shape index (κ2) is 6.50. The number of hydrogen-bond acceptors (Lipinski definition) is 3. The highest BCUT2D eigenvalue weighted by atomic mass is 35.5. The zero-order valence-corrected chi connectivity index (χ0v) is 10.6. The van der Waals surface area contributed by atoms with Gasteiger partial charge in [-0.2, -0.15) is 0 Å². The van der Waals surface area contributed by atoms with Crippen LogP contribution in [-0.2, 0) is 6.54 Å². The Morgan fingerprint density at radius 3 is 2.44 bits per heavy atom. The van der Waals surface area contributed by atoms with Crippen LogP contribution in [-0.4, -0.2) is 16.6 Å². The summed E-state index contributed by atoms with van der Waals surface area (Å²) in [4.78, 5) is 3.95. The van der Waals surface area contributed by atoms with Crippen LogP contribution < -0.4 is 5.32 Å². The van der Waals surface area contributed by atoms with Gasteiger partial charge in [0.2, 0.25) is 0 Å². The van der Waals surface area contributed by atoms with Crippen LogP contribution in [0.25, 0.3) is 0 Å². The quantitative estimate of drug-likeness (QED) is 0.871. The fourth-order valence-corrected chi connectivity index (χ4v) is 1.78. The standard InChI is InChI=1S/C14H15ClN2O/c15-13-3-1-12(2-4-13)14(18)10-17-9-11-5-7-16-8-6-11/h1-8,14,17-18H,9-10H2. The van der Waals surface area contributed by atoms with E-state index in [1.807, 2.05) is 24.3 Å². The predicted octanol–water partition coefficient (Wildman–Crippen LogP) is 2.56. The van der Waals surface area contributed by atoms with Gasteiger partial charge in [0.1, 0.15) is 0 Å². The summed E-state index contributed by atoms with van der Waals surface area (Å²) in [6.45, 7) is 1.22. The van der Waals surface area contributed by atoms with Crippen LogP contribution in [0.2, 0.25) is 5.02 Å². The molecule has 4 heteroatoms. The third kappa shape index (κ3) is 3.81. The Bertz CT molecular complexity index is 473. The lowest BCUT2D eigenvalue weighted by Crippen LogP contribution is -2.21. The van der Waals surface area contributed by atoms with Crippen LogP contribution in [0.4, 0.5) is 0 Å². The molecule has 0 spiro atoms. The first-order valence-corrected chi connectivity index (χ1v) is 6.16. The van der Waals surface area contributed by atoms with E-state index in [9.17, 15) is 5.11 Å². The molecule has 1 atom stereocenters. The van der Waals surface area contributed by atoms with Crippen molar-refractivity contribution in [2.45, 2.75) is 12.6 Å². The monoisotopic (exact) mass is 262 g/mol. The number of aromatic nitrogens is 1. The number of rotatable bonds is 5. The number of nitrogens with one attached hydrogen (secondary N) is 1. The first kappa shape index (κ1) is 13.0. The maximum absolute atomic E-state index is 9.97. The molecule has 1 unspecified atom stereocenters. The molecule has 0 aliphatic heterocycles. The smallest absolute Gasteiger partial charge is 0.0914 e. The molecule has 2 aromatic rings. The molecule has 0 saturated heterocycles. The van der Waals surface area contributed by atoms with Gasteiger partial charge in [-0.05, 0) is 35.4 Å². The normalized spacial score (nSPS) is 12.3. The molecule has 0 fully saturated rings. The van der Waals surface area contributed by atoms with Crippen LogP contribution in [0.15, 0.2) is 48.8 Å². The van der Waals surface area contributed by atoms with Gasteiger partial charge >= 0.3 is 0 Å². The number of aliphatic hydroxyl groups is 1. The van der Waals surface area contributed by atoms with Gasteiger partial charge in [-0.1, -0.05) is 23.7 Å². The van der Waals surface area contributed by atoms with Crippen molar-refractivity contribution in [2.24, 2.45) is 0 Å². The highest BCUT2D eigenvalue weighted by Crippen LogP contribution is 2.15. The van der Waals surface area contributed by atoms with Gasteiger partial charge in [-0.25, -0.2) is 0 Å². The first-order chi connectivity index (χ1) is 8.75. The molecule has 0 saturated carbocycles. The number of aliphatic hydroxyl groups excluding tert-OH is 1. The molecule has 0 bridgehead atoms. The van der Waals surface area contributed by atoms with Crippen molar-refractivity contribution in [1.29, 1.82) is 0 Å². The molecule has 0 radical (unpaired) electrons. The summed E-state index contributed by atoms with van der Waals surface area (Å²) < 4.78 is 0. The third-order valence-corrected chi connectivity index (χ3v) is 2.92. The molecule has 3 nitrogen and oxygen atoms in total. The predicted molar refractivity (Wildman–Crippen MR) is 72.4 cm³/mol. The van der Waals surface area contributed by atoms with Crippen LogP contribution >= 0.6 is 11.6 Å². The number of pyridine rings is 1. The van der Waals surface area contributed by atoms with E-state index in [0.717, 1.165) is 11.1 Å². The molecule has 2 N–H and O–H groups in total. The van der Waals surface area contributed by atoms with E-state index >= 15 is 0 Å². The summed E-state index contributed by atoms with van der Waals surface area (Å²) >= 11 is 5.80. The van der Waals surface area contributed by atoms with E-state index < -0.39 is 6.10 Å². The van der Waals surface area contributed by atoms with Crippen molar-refractivity contribution in [2.75, 3.05) is 6.54 Å². The van der Waals surface area contributed by atoms with Crippen LogP contribution in [0.1, 0.15) is 17.2 Å². The largest absolute Gasteiger partial charge is 0.387 e. The lowest BCUT2D eigenvalue weighted by molar-refractivity contribution is 0.174. The van der Waals surface area contributed by atoms with E-state index in [2.05, 4.69) is 10.3 Å². The molecule has 0 aliphatic rings. The van der Waals surface area contributed by atoms with E-state index in [1.54, 1.807) is 24.5 Å². The highest BCUT2D eigenvalue weighted by Gasteiger charge is 2.06. The topological polar surface area (TPSA) is 45.1 Å². The van der Waals surface area contributed by atoms with E-state index in [-0.39, 0.29) is 0 Å². The Hall–Kier alpha value is -1.42. The van der Waals surface area contributed by atoms with E-state index in [4.69, 9.17) is 11.6 Å². The molecule has 1 aromatic heterocycles. The zero-order chi connectivity index (χ0) is 12.8. The van der Waals surface area contributed by atoms with Gasteiger partial charge in [-0.15, -0.1) is 0 Å². The summed E-state index contributed by atoms with van der Waals surface area (Å²) in [6.07, 6.45) is 2.99. The number of halogens is 1. The molecule has 2 rings (SSSR count). The lowest BCUT2D eigenvalue weighted by Gasteiger charge is -2.12. The van der Waals surface area contributed by atoms with Crippen molar-refractivity contribution in [3.63, 3.8) is 0 Å². The molecule has 18 heavy (non-hydrogen) atoms. The van der Waals surface area contributed by atoms with E-state index in [0.29, 0.717) is 18.1 Å². The first-order valence-electron chi connectivity index (χ1n) is 5.79. The molecule has 0 amide bonds. The second-order valence-electron chi connectivity index (χ2n) is 4.05. The van der Waals surface area contributed by atoms with Crippen LogP contribution in [0.3, 0.4) is 0 Å². The summed E-state index contributed by atoms with van der Waals surface area (Å²) in [5.74, 6) is 0. The Balaban J connectivity index is 1.81. The summed E-state index contributed by atoms with van der Waals surface area (Å²) in [5.41, 5.74) is 2.01. The van der Waals surface area contributed by atoms with Crippen molar-refractivity contribution < 1.29 is 5.11 Å². The van der Waals surface area contributed by atoms with Gasteiger partial charge in [0, 0.05) is 30.5 Å². The Labute approximate surface area is 111 Å². The Kier molecular flexibility index (Phi) is 4.70. The highest BCUT2D eigenvalue weighted by molar-refractivity contribution is 6.30. The second-order valence-corrected chi connectivity index (χ2v) is 4.49. The van der Waals surface area contributed by atoms with Crippen LogP contribution in [0, 0.1) is 0 Å². The average molecular weight is 263 g/mol. The fourth-order valence-electron chi connectivity index (χ4n) is 1.66. The summed E-state index contributed by atoms with van der Waals surface area (Å²) in [6, 6.07) is 11.1. The van der Waals surface area contributed by atoms with Crippen molar-refractivity contribution in [3.05, 3.63) is 64.9 Å². The summed E-state index contributed by atoms with van der Waals surface area (Å²) in [7, 11) is 0. The minimum absolute atomic E-state index is 0.504. The zero-order valence-electron chi connectivity index (χ0n) is 9.88. The maximum Gasteiger partial charge on any atom is 0.0914 e. The van der Waals surface area contributed by atoms with Gasteiger partial charge in [0.25, 0.3) is 0 Å². The van der Waals surface area contributed by atoms with Gasteiger partial charge < -0.3 is 10.4 Å². The molecular formula is C14H15ClN2O. The van der Waals surface area contributed by atoms with Crippen molar-refractivity contribution >= 4 is 11.6 Å². The maximum atomic E-state index is 9.97. The number of benzene rings is 1. The SMILES string of the molecule is OC(CNCc1ccncc1)c1ccc(Cl)cc1. The van der Waals surface area contributed by atoms with Gasteiger partial charge in [-0.3, -0.25) is 4.98 Å². The number of hydrogen-bond donors (Lipinski definition) is 2. The van der Waals surface area contributed by atoms with Crippen molar-refractivity contribution in [1.82, 2.24) is 10.3 Å². The van der Waals surface area contributed by atoms with Crippen LogP contribution in [0.5, 0.6) is 0 Å². The molecule has 0 aliphatic carbocycles. The molecule has 1 heterocycles.